The number of hydrogen-bond acceptors (Lipinski definition) is 4. The van der Waals surface area contributed by atoms with Crippen molar-refractivity contribution in [3.05, 3.63) is 0 Å². The Hall–Kier alpha value is -0.630. The van der Waals surface area contributed by atoms with Gasteiger partial charge in [0.15, 0.2) is 0 Å². The SMILES string of the molecule is CN(C)CCNC1(C#N)CCN(C2CC2)C1. The molecule has 1 heterocycles. The van der Waals surface area contributed by atoms with Crippen molar-refractivity contribution in [1.29, 1.82) is 5.26 Å². The highest BCUT2D eigenvalue weighted by Crippen LogP contribution is 2.33. The maximum atomic E-state index is 9.35. The van der Waals surface area contributed by atoms with Gasteiger partial charge in [0.2, 0.25) is 0 Å². The lowest BCUT2D eigenvalue weighted by molar-refractivity contribution is 0.295. The molecule has 0 aromatic heterocycles. The average molecular weight is 222 g/mol. The molecule has 1 atom stereocenters. The van der Waals surface area contributed by atoms with Gasteiger partial charge in [0.1, 0.15) is 5.54 Å². The fourth-order valence-corrected chi connectivity index (χ4v) is 2.38. The van der Waals surface area contributed by atoms with Crippen LogP contribution in [0.15, 0.2) is 0 Å². The van der Waals surface area contributed by atoms with Gasteiger partial charge in [0.25, 0.3) is 0 Å². The first-order valence-corrected chi connectivity index (χ1v) is 6.20. The van der Waals surface area contributed by atoms with E-state index in [1.807, 2.05) is 0 Å². The zero-order chi connectivity index (χ0) is 11.6. The molecule has 16 heavy (non-hydrogen) atoms. The van der Waals surface area contributed by atoms with Gasteiger partial charge in [0.05, 0.1) is 6.07 Å². The van der Waals surface area contributed by atoms with E-state index in [1.54, 1.807) is 0 Å². The molecule has 0 bridgehead atoms. The van der Waals surface area contributed by atoms with E-state index in [4.69, 9.17) is 0 Å². The molecule has 2 fully saturated rings. The van der Waals surface area contributed by atoms with Crippen LogP contribution in [0.25, 0.3) is 0 Å². The summed E-state index contributed by atoms with van der Waals surface area (Å²) in [5.74, 6) is 0. The summed E-state index contributed by atoms with van der Waals surface area (Å²) in [6.07, 6.45) is 3.64. The molecule has 0 radical (unpaired) electrons. The lowest BCUT2D eigenvalue weighted by Crippen LogP contribution is -2.48. The molecule has 2 aliphatic rings. The van der Waals surface area contributed by atoms with Crippen LogP contribution >= 0.6 is 0 Å². The Labute approximate surface area is 98.2 Å². The normalized spacial score (nSPS) is 30.9. The van der Waals surface area contributed by atoms with Crippen LogP contribution in [-0.4, -0.2) is 61.7 Å². The number of nitriles is 1. The number of likely N-dealkylation sites (N-methyl/N-ethyl adjacent to an activating group) is 1. The van der Waals surface area contributed by atoms with Crippen LogP contribution in [0.3, 0.4) is 0 Å². The predicted octanol–water partition coefficient (Wildman–Crippen LogP) is 0.268. The van der Waals surface area contributed by atoms with E-state index >= 15 is 0 Å². The van der Waals surface area contributed by atoms with Crippen LogP contribution in [0.5, 0.6) is 0 Å². The molecule has 0 amide bonds. The molecule has 2 rings (SSSR count). The summed E-state index contributed by atoms with van der Waals surface area (Å²) in [5.41, 5.74) is -0.279. The summed E-state index contributed by atoms with van der Waals surface area (Å²) in [4.78, 5) is 4.62. The summed E-state index contributed by atoms with van der Waals surface area (Å²) in [6.45, 7) is 3.90. The Bertz CT molecular complexity index is 279. The lowest BCUT2D eigenvalue weighted by atomic mass is 10.0. The highest BCUT2D eigenvalue weighted by atomic mass is 15.3. The molecule has 1 aliphatic heterocycles. The summed E-state index contributed by atoms with van der Waals surface area (Å²) >= 11 is 0. The van der Waals surface area contributed by atoms with Gasteiger partial charge in [-0.25, -0.2) is 0 Å². The van der Waals surface area contributed by atoms with Crippen LogP contribution in [0, 0.1) is 11.3 Å². The van der Waals surface area contributed by atoms with Crippen LogP contribution < -0.4 is 5.32 Å². The second-order valence-corrected chi connectivity index (χ2v) is 5.38. The van der Waals surface area contributed by atoms with Crippen LogP contribution in [-0.2, 0) is 0 Å². The Morgan fingerprint density at radius 1 is 1.50 bits per heavy atom. The van der Waals surface area contributed by atoms with Gasteiger partial charge in [-0.2, -0.15) is 5.26 Å². The Kier molecular flexibility index (Phi) is 3.48. The quantitative estimate of drug-likeness (QED) is 0.725. The zero-order valence-electron chi connectivity index (χ0n) is 10.4. The summed E-state index contributed by atoms with van der Waals surface area (Å²) < 4.78 is 0. The fourth-order valence-electron chi connectivity index (χ4n) is 2.38. The molecule has 4 heteroatoms. The standard InChI is InChI=1S/C12H22N4/c1-15(2)8-6-14-12(9-13)5-7-16(10-12)11-3-4-11/h11,14H,3-8,10H2,1-2H3. The number of rotatable bonds is 5. The monoisotopic (exact) mass is 222 g/mol. The maximum absolute atomic E-state index is 9.35. The lowest BCUT2D eigenvalue weighted by Gasteiger charge is -2.24. The van der Waals surface area contributed by atoms with Gasteiger partial charge in [0, 0.05) is 32.2 Å². The van der Waals surface area contributed by atoms with Crippen LogP contribution in [0.1, 0.15) is 19.3 Å². The van der Waals surface area contributed by atoms with Crippen molar-refractivity contribution in [1.82, 2.24) is 15.1 Å². The highest BCUT2D eigenvalue weighted by molar-refractivity contribution is 5.14. The molecule has 0 spiro atoms. The van der Waals surface area contributed by atoms with Gasteiger partial charge < -0.3 is 4.90 Å². The second-order valence-electron chi connectivity index (χ2n) is 5.38. The maximum Gasteiger partial charge on any atom is 0.120 e. The largest absolute Gasteiger partial charge is 0.308 e. The van der Waals surface area contributed by atoms with Gasteiger partial charge in [-0.05, 0) is 33.4 Å². The first-order chi connectivity index (χ1) is 7.65. The number of hydrogen-bond donors (Lipinski definition) is 1. The van der Waals surface area contributed by atoms with E-state index in [9.17, 15) is 5.26 Å². The van der Waals surface area contributed by atoms with Gasteiger partial charge in [-0.1, -0.05) is 0 Å². The van der Waals surface area contributed by atoms with E-state index in [0.717, 1.165) is 38.6 Å². The van der Waals surface area contributed by atoms with Gasteiger partial charge >= 0.3 is 0 Å². The van der Waals surface area contributed by atoms with E-state index in [0.29, 0.717) is 0 Å². The van der Waals surface area contributed by atoms with Crippen molar-refractivity contribution in [2.24, 2.45) is 0 Å². The molecular weight excluding hydrogens is 200 g/mol. The van der Waals surface area contributed by atoms with Crippen LogP contribution in [0.4, 0.5) is 0 Å². The first-order valence-electron chi connectivity index (χ1n) is 6.20. The molecule has 0 aromatic rings. The summed E-state index contributed by atoms with van der Waals surface area (Å²) in [5, 5.41) is 12.8. The van der Waals surface area contributed by atoms with Crippen molar-refractivity contribution in [3.8, 4) is 6.07 Å². The van der Waals surface area contributed by atoms with E-state index in [2.05, 4.69) is 35.3 Å². The molecule has 1 N–H and O–H groups in total. The van der Waals surface area contributed by atoms with Crippen LogP contribution in [0.2, 0.25) is 0 Å². The average Bonchev–Trinajstić information content (AvgIpc) is 3.01. The van der Waals surface area contributed by atoms with Crippen molar-refractivity contribution >= 4 is 0 Å². The predicted molar refractivity (Wildman–Crippen MR) is 64.1 cm³/mol. The van der Waals surface area contributed by atoms with E-state index in [1.165, 1.54) is 12.8 Å². The van der Waals surface area contributed by atoms with Crippen molar-refractivity contribution in [2.45, 2.75) is 30.8 Å². The minimum absolute atomic E-state index is 0.279. The van der Waals surface area contributed by atoms with Crippen molar-refractivity contribution in [2.75, 3.05) is 40.3 Å². The molecule has 1 saturated carbocycles. The third-order valence-electron chi connectivity index (χ3n) is 3.60. The minimum atomic E-state index is -0.279. The molecular formula is C12H22N4. The Morgan fingerprint density at radius 3 is 2.81 bits per heavy atom. The smallest absolute Gasteiger partial charge is 0.120 e. The minimum Gasteiger partial charge on any atom is -0.308 e. The molecule has 4 nitrogen and oxygen atoms in total. The van der Waals surface area contributed by atoms with E-state index in [-0.39, 0.29) is 5.54 Å². The highest BCUT2D eigenvalue weighted by Gasteiger charge is 2.43. The molecule has 0 aromatic carbocycles. The Morgan fingerprint density at radius 2 is 2.25 bits per heavy atom. The number of nitrogens with one attached hydrogen (secondary N) is 1. The number of likely N-dealkylation sites (tertiary alicyclic amines) is 1. The molecule has 1 aliphatic carbocycles. The molecule has 1 unspecified atom stereocenters. The third-order valence-corrected chi connectivity index (χ3v) is 3.60. The fraction of sp³-hybridized carbons (Fsp3) is 0.917. The molecule has 1 saturated heterocycles. The zero-order valence-corrected chi connectivity index (χ0v) is 10.4. The second kappa shape index (κ2) is 4.70. The van der Waals surface area contributed by atoms with Gasteiger partial charge in [-0.3, -0.25) is 10.2 Å². The summed E-state index contributed by atoms with van der Waals surface area (Å²) in [6, 6.07) is 3.28. The number of nitrogens with zero attached hydrogens (tertiary/aromatic N) is 3. The van der Waals surface area contributed by atoms with Crippen molar-refractivity contribution < 1.29 is 0 Å². The first kappa shape index (κ1) is 11.8. The summed E-state index contributed by atoms with van der Waals surface area (Å²) in [7, 11) is 4.12. The van der Waals surface area contributed by atoms with E-state index < -0.39 is 0 Å². The molecule has 90 valence electrons. The van der Waals surface area contributed by atoms with Gasteiger partial charge in [-0.15, -0.1) is 0 Å². The third kappa shape index (κ3) is 2.73. The Balaban J connectivity index is 1.81. The van der Waals surface area contributed by atoms with Crippen molar-refractivity contribution in [3.63, 3.8) is 0 Å². The topological polar surface area (TPSA) is 42.3 Å².